The number of carbonyl (C=O) groups is 1. The highest BCUT2D eigenvalue weighted by atomic mass is 16.1. The third-order valence-electron chi connectivity index (χ3n) is 5.36. The smallest absolute Gasteiger partial charge is 0.263 e. The van der Waals surface area contributed by atoms with E-state index in [-0.39, 0.29) is 5.56 Å². The second-order valence-corrected chi connectivity index (χ2v) is 7.26. The number of carbonyl (C=O) groups excluding carboxylic acids is 1. The Bertz CT molecular complexity index is 1290. The second-order valence-electron chi connectivity index (χ2n) is 7.26. The predicted octanol–water partition coefficient (Wildman–Crippen LogP) is 0.929. The lowest BCUT2D eigenvalue weighted by atomic mass is 10.2. The van der Waals surface area contributed by atoms with Crippen LogP contribution >= 0.6 is 0 Å². The summed E-state index contributed by atoms with van der Waals surface area (Å²) in [7, 11) is 0. The number of aromatic amines is 1. The molecule has 1 saturated heterocycles. The SMILES string of the molecule is NC(=O)c1ccc(N2CCN(c3nc4c(cnn4-c4ccccc4)c(=O)[nH]3)CC2)nc1. The van der Waals surface area contributed by atoms with Crippen molar-refractivity contribution in [3.63, 3.8) is 0 Å². The maximum atomic E-state index is 12.6. The maximum Gasteiger partial charge on any atom is 0.263 e. The van der Waals surface area contributed by atoms with Gasteiger partial charge in [0.2, 0.25) is 11.9 Å². The fourth-order valence-corrected chi connectivity index (χ4v) is 3.68. The van der Waals surface area contributed by atoms with Crippen molar-refractivity contribution in [1.29, 1.82) is 0 Å². The van der Waals surface area contributed by atoms with Crippen molar-refractivity contribution in [2.75, 3.05) is 36.0 Å². The Labute approximate surface area is 176 Å². The molecule has 156 valence electrons. The number of pyridine rings is 1. The minimum absolute atomic E-state index is 0.215. The van der Waals surface area contributed by atoms with Crippen LogP contribution in [0.4, 0.5) is 11.8 Å². The first-order valence-electron chi connectivity index (χ1n) is 9.89. The molecule has 1 aliphatic heterocycles. The largest absolute Gasteiger partial charge is 0.366 e. The Morgan fingerprint density at radius 1 is 0.968 bits per heavy atom. The first-order valence-corrected chi connectivity index (χ1v) is 9.89. The van der Waals surface area contributed by atoms with Crippen molar-refractivity contribution in [3.8, 4) is 5.69 Å². The molecule has 10 nitrogen and oxygen atoms in total. The van der Waals surface area contributed by atoms with Gasteiger partial charge < -0.3 is 15.5 Å². The Morgan fingerprint density at radius 2 is 1.71 bits per heavy atom. The highest BCUT2D eigenvalue weighted by molar-refractivity contribution is 5.92. The van der Waals surface area contributed by atoms with E-state index >= 15 is 0 Å². The van der Waals surface area contributed by atoms with Gasteiger partial charge >= 0.3 is 0 Å². The average molecular weight is 416 g/mol. The van der Waals surface area contributed by atoms with E-state index in [1.807, 2.05) is 35.2 Å². The van der Waals surface area contributed by atoms with Gasteiger partial charge in [-0.25, -0.2) is 9.67 Å². The van der Waals surface area contributed by atoms with Crippen LogP contribution in [-0.2, 0) is 0 Å². The number of hydrogen-bond acceptors (Lipinski definition) is 7. The van der Waals surface area contributed by atoms with Crippen molar-refractivity contribution >= 4 is 28.7 Å². The summed E-state index contributed by atoms with van der Waals surface area (Å²) >= 11 is 0. The van der Waals surface area contributed by atoms with Gasteiger partial charge in [0.1, 0.15) is 11.2 Å². The number of nitrogens with two attached hydrogens (primary N) is 1. The molecule has 5 rings (SSSR count). The molecule has 4 heterocycles. The lowest BCUT2D eigenvalue weighted by molar-refractivity contribution is 0.1000. The molecule has 3 aromatic heterocycles. The van der Waals surface area contributed by atoms with E-state index in [1.165, 1.54) is 12.4 Å². The van der Waals surface area contributed by atoms with Crippen LogP contribution in [-0.4, -0.2) is 56.8 Å². The normalized spacial score (nSPS) is 14.2. The first kappa shape index (κ1) is 18.8. The van der Waals surface area contributed by atoms with Gasteiger partial charge in [-0.3, -0.25) is 14.6 Å². The number of aromatic nitrogens is 5. The monoisotopic (exact) mass is 416 g/mol. The van der Waals surface area contributed by atoms with E-state index in [1.54, 1.807) is 16.8 Å². The van der Waals surface area contributed by atoms with E-state index in [0.717, 1.165) is 11.5 Å². The summed E-state index contributed by atoms with van der Waals surface area (Å²) < 4.78 is 1.68. The van der Waals surface area contributed by atoms with E-state index in [2.05, 4.69) is 20.0 Å². The van der Waals surface area contributed by atoms with E-state index in [4.69, 9.17) is 10.7 Å². The van der Waals surface area contributed by atoms with E-state index in [9.17, 15) is 9.59 Å². The van der Waals surface area contributed by atoms with Gasteiger partial charge in [0, 0.05) is 32.4 Å². The molecule has 0 saturated carbocycles. The van der Waals surface area contributed by atoms with Crippen LogP contribution in [0, 0.1) is 0 Å². The van der Waals surface area contributed by atoms with Crippen LogP contribution in [0.15, 0.2) is 59.7 Å². The third kappa shape index (κ3) is 3.48. The summed E-state index contributed by atoms with van der Waals surface area (Å²) in [5.74, 6) is 0.805. The molecule has 1 aromatic carbocycles. The number of primary amides is 1. The molecular formula is C21H20N8O2. The highest BCUT2D eigenvalue weighted by Gasteiger charge is 2.21. The number of rotatable bonds is 4. The Balaban J connectivity index is 1.38. The van der Waals surface area contributed by atoms with Gasteiger partial charge in [0.25, 0.3) is 5.56 Å². The van der Waals surface area contributed by atoms with Crippen molar-refractivity contribution in [2.45, 2.75) is 0 Å². The van der Waals surface area contributed by atoms with Crippen LogP contribution in [0.1, 0.15) is 10.4 Å². The highest BCUT2D eigenvalue weighted by Crippen LogP contribution is 2.19. The molecule has 0 bridgehead atoms. The van der Waals surface area contributed by atoms with Gasteiger partial charge in [0.05, 0.1) is 17.4 Å². The number of hydrogen-bond donors (Lipinski definition) is 2. The zero-order valence-corrected chi connectivity index (χ0v) is 16.6. The zero-order valence-electron chi connectivity index (χ0n) is 16.6. The molecule has 31 heavy (non-hydrogen) atoms. The van der Waals surface area contributed by atoms with Crippen molar-refractivity contribution < 1.29 is 4.79 Å². The molecular weight excluding hydrogens is 396 g/mol. The number of amides is 1. The minimum Gasteiger partial charge on any atom is -0.366 e. The fourth-order valence-electron chi connectivity index (χ4n) is 3.68. The topological polar surface area (TPSA) is 126 Å². The number of benzene rings is 1. The number of piperazine rings is 1. The molecule has 0 radical (unpaired) electrons. The van der Waals surface area contributed by atoms with Crippen molar-refractivity contribution in [1.82, 2.24) is 24.7 Å². The molecule has 0 atom stereocenters. The molecule has 0 spiro atoms. The molecule has 3 N–H and O–H groups in total. The van der Waals surface area contributed by atoms with Gasteiger partial charge in [0.15, 0.2) is 5.65 Å². The summed E-state index contributed by atoms with van der Waals surface area (Å²) in [5.41, 5.74) is 6.81. The maximum absolute atomic E-state index is 12.6. The van der Waals surface area contributed by atoms with Gasteiger partial charge in [-0.05, 0) is 24.3 Å². The quantitative estimate of drug-likeness (QED) is 0.507. The van der Waals surface area contributed by atoms with Crippen LogP contribution in [0.25, 0.3) is 16.7 Å². The predicted molar refractivity (Wildman–Crippen MR) is 117 cm³/mol. The summed E-state index contributed by atoms with van der Waals surface area (Å²) in [5, 5.41) is 4.80. The van der Waals surface area contributed by atoms with E-state index < -0.39 is 5.91 Å². The molecule has 1 amide bonds. The number of anilines is 2. The van der Waals surface area contributed by atoms with Gasteiger partial charge in [-0.15, -0.1) is 0 Å². The number of nitrogens with one attached hydrogen (secondary N) is 1. The minimum atomic E-state index is -0.496. The summed E-state index contributed by atoms with van der Waals surface area (Å²) in [6, 6.07) is 13.1. The van der Waals surface area contributed by atoms with Crippen molar-refractivity contribution in [2.24, 2.45) is 5.73 Å². The lowest BCUT2D eigenvalue weighted by Crippen LogP contribution is -2.47. The van der Waals surface area contributed by atoms with Gasteiger partial charge in [-0.1, -0.05) is 18.2 Å². The number of para-hydroxylation sites is 1. The number of H-pyrrole nitrogens is 1. The summed E-state index contributed by atoms with van der Waals surface area (Å²) in [6.45, 7) is 2.71. The summed E-state index contributed by atoms with van der Waals surface area (Å²) in [4.78, 5) is 39.9. The van der Waals surface area contributed by atoms with Crippen molar-refractivity contribution in [3.05, 3.63) is 70.8 Å². The van der Waals surface area contributed by atoms with Crippen LogP contribution < -0.4 is 21.1 Å². The zero-order chi connectivity index (χ0) is 21.4. The van der Waals surface area contributed by atoms with Crippen LogP contribution in [0.3, 0.4) is 0 Å². The van der Waals surface area contributed by atoms with Gasteiger partial charge in [-0.2, -0.15) is 10.1 Å². The third-order valence-corrected chi connectivity index (χ3v) is 5.36. The molecule has 0 aliphatic carbocycles. The average Bonchev–Trinajstić information content (AvgIpc) is 3.24. The van der Waals surface area contributed by atoms with E-state index in [0.29, 0.717) is 48.7 Å². The Hall–Kier alpha value is -4.21. The molecule has 1 fully saturated rings. The Morgan fingerprint density at radius 3 is 2.39 bits per heavy atom. The molecule has 4 aromatic rings. The molecule has 1 aliphatic rings. The van der Waals surface area contributed by atoms with Crippen LogP contribution in [0.5, 0.6) is 0 Å². The number of nitrogens with zero attached hydrogens (tertiary/aromatic N) is 6. The second kappa shape index (κ2) is 7.56. The lowest BCUT2D eigenvalue weighted by Gasteiger charge is -2.35. The molecule has 0 unspecified atom stereocenters. The first-order chi connectivity index (χ1) is 15.1. The fraction of sp³-hybridized carbons (Fsp3) is 0.190. The molecule has 10 heteroatoms. The summed E-state index contributed by atoms with van der Waals surface area (Å²) in [6.07, 6.45) is 3.03. The Kier molecular flexibility index (Phi) is 4.58. The standard InChI is InChI=1S/C21H20N8O2/c22-18(30)14-6-7-17(23-12-14)27-8-10-28(11-9-27)21-25-19-16(20(31)26-21)13-24-29(19)15-4-2-1-3-5-15/h1-7,12-13H,8-11H2,(H2,22,30)(H,25,26,31). The van der Waals surface area contributed by atoms with Crippen LogP contribution in [0.2, 0.25) is 0 Å². The number of fused-ring (bicyclic) bond motifs is 1.